The van der Waals surface area contributed by atoms with E-state index in [4.69, 9.17) is 4.74 Å². The molecule has 192 valence electrons. The lowest BCUT2D eigenvalue weighted by molar-refractivity contribution is -0.121. The highest BCUT2D eigenvalue weighted by Crippen LogP contribution is 2.35. The lowest BCUT2D eigenvalue weighted by atomic mass is 9.99. The van der Waals surface area contributed by atoms with Crippen LogP contribution in [0.5, 0.6) is 0 Å². The molecule has 2 heterocycles. The molecule has 1 fully saturated rings. The Morgan fingerprint density at radius 2 is 1.71 bits per heavy atom. The molecule has 1 aromatic heterocycles. The normalized spacial score (nSPS) is 16.7. The van der Waals surface area contributed by atoms with Gasteiger partial charge < -0.3 is 15.4 Å². The summed E-state index contributed by atoms with van der Waals surface area (Å²) in [5.41, 5.74) is 3.36. The van der Waals surface area contributed by atoms with Crippen molar-refractivity contribution in [2.75, 3.05) is 10.6 Å². The van der Waals surface area contributed by atoms with E-state index in [0.717, 1.165) is 11.1 Å². The van der Waals surface area contributed by atoms with E-state index in [1.54, 1.807) is 36.4 Å². The molecule has 0 aliphatic carbocycles. The van der Waals surface area contributed by atoms with Gasteiger partial charge in [0.1, 0.15) is 5.82 Å². The highest BCUT2D eigenvalue weighted by atomic mass is 32.1. The van der Waals surface area contributed by atoms with Crippen molar-refractivity contribution in [2.45, 2.75) is 25.6 Å². The van der Waals surface area contributed by atoms with Gasteiger partial charge in [-0.1, -0.05) is 48.0 Å². The number of benzene rings is 3. The number of carbonyl (C=O) groups excluding carboxylic acids is 3. The van der Waals surface area contributed by atoms with Crippen LogP contribution in [0.25, 0.3) is 0 Å². The molecule has 7 nitrogen and oxygen atoms in total. The van der Waals surface area contributed by atoms with E-state index in [2.05, 4.69) is 10.6 Å². The number of carbonyl (C=O) groups is 3. The van der Waals surface area contributed by atoms with E-state index >= 15 is 0 Å². The highest BCUT2D eigenvalue weighted by Gasteiger charge is 2.47. The molecule has 5 rings (SSSR count). The highest BCUT2D eigenvalue weighted by molar-refractivity contribution is 7.12. The fourth-order valence-electron chi connectivity index (χ4n) is 4.24. The molecule has 9 heteroatoms. The van der Waals surface area contributed by atoms with Crippen molar-refractivity contribution in [3.8, 4) is 0 Å². The molecule has 1 aliphatic heterocycles. The van der Waals surface area contributed by atoms with Gasteiger partial charge in [0.2, 0.25) is 0 Å². The third-order valence-corrected chi connectivity index (χ3v) is 7.03. The van der Waals surface area contributed by atoms with Crippen LogP contribution < -0.4 is 10.6 Å². The average molecular weight is 530 g/mol. The van der Waals surface area contributed by atoms with Gasteiger partial charge in [-0.3, -0.25) is 14.5 Å². The minimum atomic E-state index is -1.02. The number of amides is 3. The Bertz CT molecular complexity index is 1460. The fraction of sp³-hybridized carbons (Fsp3) is 0.138. The molecule has 3 amide bonds. The van der Waals surface area contributed by atoms with E-state index in [1.165, 1.54) is 40.5 Å². The van der Waals surface area contributed by atoms with Gasteiger partial charge in [-0.2, -0.15) is 0 Å². The van der Waals surface area contributed by atoms with Crippen molar-refractivity contribution in [3.63, 3.8) is 0 Å². The number of hydrogen-bond donors (Lipinski definition) is 2. The van der Waals surface area contributed by atoms with E-state index < -0.39 is 30.0 Å². The Morgan fingerprint density at radius 3 is 2.42 bits per heavy atom. The van der Waals surface area contributed by atoms with Crippen LogP contribution in [0.4, 0.5) is 20.6 Å². The van der Waals surface area contributed by atoms with Crippen LogP contribution in [0.1, 0.15) is 32.5 Å². The zero-order valence-corrected chi connectivity index (χ0v) is 21.2. The molecule has 3 aromatic carbocycles. The molecule has 0 radical (unpaired) electrons. The van der Waals surface area contributed by atoms with Crippen molar-refractivity contribution in [2.24, 2.45) is 0 Å². The molecular formula is C29H24FN3O4S. The largest absolute Gasteiger partial charge is 0.438 e. The first-order chi connectivity index (χ1) is 18.4. The van der Waals surface area contributed by atoms with Crippen molar-refractivity contribution < 1.29 is 23.5 Å². The summed E-state index contributed by atoms with van der Waals surface area (Å²) < 4.78 is 19.1. The van der Waals surface area contributed by atoms with Gasteiger partial charge in [-0.05, 0) is 65.9 Å². The summed E-state index contributed by atoms with van der Waals surface area (Å²) in [7, 11) is 0. The van der Waals surface area contributed by atoms with Gasteiger partial charge >= 0.3 is 6.09 Å². The summed E-state index contributed by atoms with van der Waals surface area (Å²) in [6, 6.07) is 22.4. The summed E-state index contributed by atoms with van der Waals surface area (Å²) in [5.74, 6) is -1.16. The topological polar surface area (TPSA) is 87.7 Å². The molecule has 38 heavy (non-hydrogen) atoms. The standard InChI is InChI=1S/C29H24FN3O4S/c1-18-7-9-19(10-8-18)17-33-25(28(35)31-22-13-11-21(30)12-14-22)26(37-29(33)36)20-4-2-5-23(16-20)32-27(34)24-6-3-15-38-24/h2-16,25-26H,17H2,1H3,(H,31,35)(H,32,34)/t25-,26-/m0/s1. The number of halogens is 1. The maximum absolute atomic E-state index is 13.6. The van der Waals surface area contributed by atoms with Gasteiger partial charge in [0.15, 0.2) is 12.1 Å². The Morgan fingerprint density at radius 1 is 0.947 bits per heavy atom. The number of rotatable bonds is 7. The fourth-order valence-corrected chi connectivity index (χ4v) is 4.86. The van der Waals surface area contributed by atoms with Crippen molar-refractivity contribution in [1.29, 1.82) is 0 Å². The number of anilines is 2. The van der Waals surface area contributed by atoms with Crippen LogP contribution in [0.2, 0.25) is 0 Å². The second kappa shape index (κ2) is 10.9. The first-order valence-electron chi connectivity index (χ1n) is 11.9. The Hall–Kier alpha value is -4.50. The number of nitrogens with one attached hydrogen (secondary N) is 2. The minimum absolute atomic E-state index is 0.159. The number of hydrogen-bond acceptors (Lipinski definition) is 5. The van der Waals surface area contributed by atoms with Crippen LogP contribution in [-0.4, -0.2) is 28.8 Å². The molecule has 1 saturated heterocycles. The third-order valence-electron chi connectivity index (χ3n) is 6.16. The van der Waals surface area contributed by atoms with Gasteiger partial charge in [-0.15, -0.1) is 11.3 Å². The van der Waals surface area contributed by atoms with E-state index in [1.807, 2.05) is 36.6 Å². The molecule has 0 unspecified atom stereocenters. The maximum atomic E-state index is 13.6. The predicted molar refractivity (Wildman–Crippen MR) is 143 cm³/mol. The molecule has 1 aliphatic rings. The number of ether oxygens (including phenoxy) is 1. The summed E-state index contributed by atoms with van der Waals surface area (Å²) in [6.07, 6.45) is -1.57. The smallest absolute Gasteiger partial charge is 0.411 e. The van der Waals surface area contributed by atoms with E-state index in [0.29, 0.717) is 21.8 Å². The van der Waals surface area contributed by atoms with E-state index in [9.17, 15) is 18.8 Å². The van der Waals surface area contributed by atoms with Crippen LogP contribution in [-0.2, 0) is 16.1 Å². The zero-order valence-electron chi connectivity index (χ0n) is 20.4. The Kier molecular flexibility index (Phi) is 7.19. The quantitative estimate of drug-likeness (QED) is 0.301. The number of nitrogens with zero attached hydrogens (tertiary/aromatic N) is 1. The summed E-state index contributed by atoms with van der Waals surface area (Å²) in [5, 5.41) is 7.44. The molecular weight excluding hydrogens is 505 g/mol. The Balaban J connectivity index is 1.44. The minimum Gasteiger partial charge on any atom is -0.438 e. The number of thiophene rings is 1. The third kappa shape index (κ3) is 5.57. The van der Waals surface area contributed by atoms with Crippen LogP contribution in [0.3, 0.4) is 0 Å². The van der Waals surface area contributed by atoms with E-state index in [-0.39, 0.29) is 12.5 Å². The van der Waals surface area contributed by atoms with Crippen molar-refractivity contribution >= 4 is 40.6 Å². The van der Waals surface area contributed by atoms with Gasteiger partial charge in [-0.25, -0.2) is 9.18 Å². The average Bonchev–Trinajstić information content (AvgIpc) is 3.56. The van der Waals surface area contributed by atoms with Crippen molar-refractivity contribution in [3.05, 3.63) is 118 Å². The molecule has 2 atom stereocenters. The molecule has 2 N–H and O–H groups in total. The Labute approximate surface area is 222 Å². The van der Waals surface area contributed by atoms with Crippen molar-refractivity contribution in [1.82, 2.24) is 4.90 Å². The van der Waals surface area contributed by atoms with Gasteiger partial charge in [0.05, 0.1) is 11.4 Å². The molecule has 4 aromatic rings. The lowest BCUT2D eigenvalue weighted by Crippen LogP contribution is -2.43. The first-order valence-corrected chi connectivity index (χ1v) is 12.8. The SMILES string of the molecule is Cc1ccc(CN2C(=O)O[C@@H](c3cccc(NC(=O)c4cccs4)c3)[C@H]2C(=O)Nc2ccc(F)cc2)cc1. The number of cyclic esters (lactones) is 1. The van der Waals surface area contributed by atoms with Gasteiger partial charge in [0, 0.05) is 11.4 Å². The van der Waals surface area contributed by atoms with Crippen LogP contribution in [0, 0.1) is 12.7 Å². The van der Waals surface area contributed by atoms with Crippen LogP contribution in [0.15, 0.2) is 90.3 Å². The monoisotopic (exact) mass is 529 g/mol. The number of aryl methyl sites for hydroxylation is 1. The lowest BCUT2D eigenvalue weighted by Gasteiger charge is -2.24. The molecule has 0 spiro atoms. The summed E-state index contributed by atoms with van der Waals surface area (Å²) in [4.78, 5) is 41.1. The van der Waals surface area contributed by atoms with Crippen LogP contribution >= 0.6 is 11.3 Å². The zero-order chi connectivity index (χ0) is 26.6. The van der Waals surface area contributed by atoms with Gasteiger partial charge in [0.25, 0.3) is 11.8 Å². The predicted octanol–water partition coefficient (Wildman–Crippen LogP) is 6.15. The first kappa shape index (κ1) is 25.2. The summed E-state index contributed by atoms with van der Waals surface area (Å²) >= 11 is 1.32. The second-order valence-electron chi connectivity index (χ2n) is 8.92. The second-order valence-corrected chi connectivity index (χ2v) is 9.86. The molecule has 0 bridgehead atoms. The molecule has 0 saturated carbocycles. The maximum Gasteiger partial charge on any atom is 0.411 e. The summed E-state index contributed by atoms with van der Waals surface area (Å²) in [6.45, 7) is 2.12.